The zero-order chi connectivity index (χ0) is 10.6. The standard InChI is InChI=1S/C11H15N2O/c1-4-6-10-11(13(3)14)7-9(5-2)8-12-10/h4,6-8,14H,3,5H2,1-2H3/q+1. The molecule has 0 aliphatic rings. The minimum atomic E-state index is 0.627. The van der Waals surface area contributed by atoms with E-state index < -0.39 is 0 Å². The highest BCUT2D eigenvalue weighted by Crippen LogP contribution is 2.18. The Morgan fingerprint density at radius 3 is 2.86 bits per heavy atom. The molecular formula is C11H15N2O+. The van der Waals surface area contributed by atoms with Crippen LogP contribution in [0.4, 0.5) is 5.69 Å². The number of pyridine rings is 1. The molecule has 0 spiro atoms. The summed E-state index contributed by atoms with van der Waals surface area (Å²) >= 11 is 0. The molecule has 0 bridgehead atoms. The Kier molecular flexibility index (Phi) is 3.40. The van der Waals surface area contributed by atoms with Gasteiger partial charge in [0.1, 0.15) is 5.69 Å². The Balaban J connectivity index is 3.23. The third kappa shape index (κ3) is 2.19. The average molecular weight is 191 g/mol. The Morgan fingerprint density at radius 2 is 2.36 bits per heavy atom. The molecule has 74 valence electrons. The number of hydrogen-bond acceptors (Lipinski definition) is 2. The van der Waals surface area contributed by atoms with E-state index in [-0.39, 0.29) is 0 Å². The molecule has 1 aromatic heterocycles. The summed E-state index contributed by atoms with van der Waals surface area (Å²) in [5.74, 6) is 0. The molecule has 14 heavy (non-hydrogen) atoms. The van der Waals surface area contributed by atoms with Crippen molar-refractivity contribution in [1.29, 1.82) is 0 Å². The van der Waals surface area contributed by atoms with E-state index in [9.17, 15) is 5.21 Å². The topological polar surface area (TPSA) is 36.1 Å². The van der Waals surface area contributed by atoms with E-state index in [0.29, 0.717) is 5.69 Å². The molecule has 1 aromatic rings. The number of nitrogens with zero attached hydrogens (tertiary/aromatic N) is 2. The number of allylic oxidation sites excluding steroid dienone is 1. The van der Waals surface area contributed by atoms with Crippen molar-refractivity contribution in [1.82, 2.24) is 4.98 Å². The smallest absolute Gasteiger partial charge is 0.282 e. The predicted octanol–water partition coefficient (Wildman–Crippen LogP) is 2.41. The van der Waals surface area contributed by atoms with Crippen LogP contribution in [0.5, 0.6) is 0 Å². The second-order valence-electron chi connectivity index (χ2n) is 3.00. The van der Waals surface area contributed by atoms with Gasteiger partial charge in [-0.2, -0.15) is 0 Å². The van der Waals surface area contributed by atoms with Crippen molar-refractivity contribution in [3.63, 3.8) is 0 Å². The Labute approximate surface area is 84.0 Å². The minimum absolute atomic E-state index is 0.627. The quantitative estimate of drug-likeness (QED) is 0.345. The van der Waals surface area contributed by atoms with Crippen LogP contribution in [-0.4, -0.2) is 21.6 Å². The molecule has 0 aliphatic carbocycles. The van der Waals surface area contributed by atoms with E-state index in [1.54, 1.807) is 0 Å². The van der Waals surface area contributed by atoms with Crippen LogP contribution in [0.1, 0.15) is 25.1 Å². The molecule has 0 amide bonds. The highest BCUT2D eigenvalue weighted by atomic mass is 16.5. The zero-order valence-electron chi connectivity index (χ0n) is 8.57. The monoisotopic (exact) mass is 191 g/mol. The third-order valence-corrected chi connectivity index (χ3v) is 1.96. The molecule has 0 saturated heterocycles. The first-order valence-electron chi connectivity index (χ1n) is 4.60. The summed E-state index contributed by atoms with van der Waals surface area (Å²) in [5.41, 5.74) is 2.43. The first kappa shape index (κ1) is 10.4. The van der Waals surface area contributed by atoms with E-state index in [4.69, 9.17) is 0 Å². The largest absolute Gasteiger partial charge is 0.285 e. The van der Waals surface area contributed by atoms with Gasteiger partial charge >= 0.3 is 0 Å². The Hall–Kier alpha value is -1.64. The highest BCUT2D eigenvalue weighted by Gasteiger charge is 2.12. The molecule has 0 unspecified atom stereocenters. The van der Waals surface area contributed by atoms with Crippen LogP contribution in [0.3, 0.4) is 0 Å². The molecule has 0 aliphatic heterocycles. The van der Waals surface area contributed by atoms with Crippen molar-refractivity contribution in [3.8, 4) is 0 Å². The van der Waals surface area contributed by atoms with Gasteiger partial charge in [-0.1, -0.05) is 13.0 Å². The molecule has 1 rings (SSSR count). The molecular weight excluding hydrogens is 176 g/mol. The van der Waals surface area contributed by atoms with E-state index in [0.717, 1.165) is 22.4 Å². The lowest BCUT2D eigenvalue weighted by Crippen LogP contribution is -1.99. The average Bonchev–Trinajstić information content (AvgIpc) is 2.18. The van der Waals surface area contributed by atoms with E-state index >= 15 is 0 Å². The fourth-order valence-corrected chi connectivity index (χ4v) is 1.19. The lowest BCUT2D eigenvalue weighted by molar-refractivity contribution is -0.706. The lowest BCUT2D eigenvalue weighted by Gasteiger charge is -1.99. The Bertz CT molecular complexity index is 370. The summed E-state index contributed by atoms with van der Waals surface area (Å²) < 4.78 is 0.849. The zero-order valence-corrected chi connectivity index (χ0v) is 8.57. The summed E-state index contributed by atoms with van der Waals surface area (Å²) in [7, 11) is 0. The van der Waals surface area contributed by atoms with Gasteiger partial charge in [0.15, 0.2) is 6.72 Å². The van der Waals surface area contributed by atoms with Crippen LogP contribution >= 0.6 is 0 Å². The number of hydrogen-bond donors (Lipinski definition) is 1. The van der Waals surface area contributed by atoms with Gasteiger partial charge in [-0.3, -0.25) is 5.21 Å². The SMILES string of the molecule is C=[N+](O)c1cc(CC)cnc1C=CC. The molecule has 0 aromatic carbocycles. The van der Waals surface area contributed by atoms with Gasteiger partial charge in [0.25, 0.3) is 5.69 Å². The Morgan fingerprint density at radius 1 is 1.64 bits per heavy atom. The van der Waals surface area contributed by atoms with Gasteiger partial charge in [0, 0.05) is 17.0 Å². The van der Waals surface area contributed by atoms with Crippen molar-refractivity contribution in [2.75, 3.05) is 0 Å². The maximum absolute atomic E-state index is 9.30. The summed E-state index contributed by atoms with van der Waals surface area (Å²) in [6, 6.07) is 1.88. The molecule has 1 N–H and O–H groups in total. The first-order valence-corrected chi connectivity index (χ1v) is 4.60. The maximum atomic E-state index is 9.30. The van der Waals surface area contributed by atoms with Crippen LogP contribution in [0, 0.1) is 0 Å². The van der Waals surface area contributed by atoms with Crippen molar-refractivity contribution < 1.29 is 9.95 Å². The number of aryl methyl sites for hydroxylation is 1. The first-order chi connectivity index (χ1) is 6.69. The molecule has 0 radical (unpaired) electrons. The van der Waals surface area contributed by atoms with Gasteiger partial charge in [-0.05, 0) is 25.0 Å². The summed E-state index contributed by atoms with van der Waals surface area (Å²) in [5, 5.41) is 9.30. The molecule has 0 fully saturated rings. The molecule has 3 heteroatoms. The van der Waals surface area contributed by atoms with Gasteiger partial charge < -0.3 is 0 Å². The van der Waals surface area contributed by atoms with E-state index in [2.05, 4.69) is 11.7 Å². The summed E-state index contributed by atoms with van der Waals surface area (Å²) in [6.45, 7) is 7.39. The number of aromatic nitrogens is 1. The minimum Gasteiger partial charge on any atom is -0.285 e. The van der Waals surface area contributed by atoms with E-state index in [1.165, 1.54) is 0 Å². The van der Waals surface area contributed by atoms with Crippen LogP contribution in [0.25, 0.3) is 6.08 Å². The summed E-state index contributed by atoms with van der Waals surface area (Å²) in [4.78, 5) is 4.23. The molecule has 0 saturated carbocycles. The molecule has 0 atom stereocenters. The fraction of sp³-hybridized carbons (Fsp3) is 0.273. The second-order valence-corrected chi connectivity index (χ2v) is 3.00. The lowest BCUT2D eigenvalue weighted by atomic mass is 10.2. The maximum Gasteiger partial charge on any atom is 0.282 e. The van der Waals surface area contributed by atoms with Crippen LogP contribution in [0.15, 0.2) is 18.3 Å². The van der Waals surface area contributed by atoms with Gasteiger partial charge in [0.2, 0.25) is 0 Å². The van der Waals surface area contributed by atoms with Crippen LogP contribution < -0.4 is 0 Å². The van der Waals surface area contributed by atoms with Crippen LogP contribution in [-0.2, 0) is 6.42 Å². The summed E-state index contributed by atoms with van der Waals surface area (Å²) in [6.07, 6.45) is 6.41. The van der Waals surface area contributed by atoms with E-state index in [1.807, 2.05) is 38.3 Å². The third-order valence-electron chi connectivity index (χ3n) is 1.96. The second kappa shape index (κ2) is 4.56. The molecule has 1 heterocycles. The van der Waals surface area contributed by atoms with Crippen LogP contribution in [0.2, 0.25) is 0 Å². The molecule has 3 nitrogen and oxygen atoms in total. The fourth-order valence-electron chi connectivity index (χ4n) is 1.19. The van der Waals surface area contributed by atoms with Gasteiger partial charge in [-0.25, -0.2) is 4.98 Å². The normalized spacial score (nSPS) is 10.7. The van der Waals surface area contributed by atoms with Crippen molar-refractivity contribution in [3.05, 3.63) is 29.6 Å². The van der Waals surface area contributed by atoms with Crippen molar-refractivity contribution in [2.24, 2.45) is 0 Å². The predicted molar refractivity (Wildman–Crippen MR) is 57.2 cm³/mol. The van der Waals surface area contributed by atoms with Crippen molar-refractivity contribution >= 4 is 18.5 Å². The number of rotatable bonds is 3. The highest BCUT2D eigenvalue weighted by molar-refractivity contribution is 5.57. The van der Waals surface area contributed by atoms with Crippen molar-refractivity contribution in [2.45, 2.75) is 20.3 Å². The van der Waals surface area contributed by atoms with Gasteiger partial charge in [0.05, 0.1) is 0 Å². The van der Waals surface area contributed by atoms with Gasteiger partial charge in [-0.15, -0.1) is 0 Å².